The molecular formula is C9H19N3O. The molecule has 0 fully saturated rings. The molecule has 0 aromatic carbocycles. The van der Waals surface area contributed by atoms with Gasteiger partial charge in [0, 0.05) is 32.3 Å². The minimum Gasteiger partial charge on any atom is -0.403 e. The van der Waals surface area contributed by atoms with Gasteiger partial charge in [0.2, 0.25) is 5.91 Å². The van der Waals surface area contributed by atoms with Crippen molar-refractivity contribution in [3.05, 3.63) is 12.3 Å². The molecule has 0 radical (unpaired) electrons. The first-order chi connectivity index (χ1) is 6.07. The largest absolute Gasteiger partial charge is 0.403 e. The van der Waals surface area contributed by atoms with Gasteiger partial charge in [0.05, 0.1) is 0 Å². The Labute approximate surface area is 79.8 Å². The summed E-state index contributed by atoms with van der Waals surface area (Å²) in [4.78, 5) is 13.0. The normalized spacial score (nSPS) is 9.69. The van der Waals surface area contributed by atoms with Crippen LogP contribution in [0.5, 0.6) is 0 Å². The average Bonchev–Trinajstić information content (AvgIpc) is 2.10. The van der Waals surface area contributed by atoms with Crippen LogP contribution in [-0.2, 0) is 4.79 Å². The molecule has 0 spiro atoms. The molecule has 4 nitrogen and oxygen atoms in total. The number of amides is 1. The maximum absolute atomic E-state index is 11.4. The molecule has 76 valence electrons. The summed E-state index contributed by atoms with van der Waals surface area (Å²) in [7, 11) is 3.65. The number of rotatable bonds is 6. The standard InChI is InChI=1S/C9H19N3O/c1-8(10)4-5-9(13)12(3)7-6-11-2/h11H,1,4-7,10H2,2-3H3. The van der Waals surface area contributed by atoms with Crippen LogP contribution in [0.3, 0.4) is 0 Å². The third-order valence-corrected chi connectivity index (χ3v) is 1.78. The molecular weight excluding hydrogens is 166 g/mol. The van der Waals surface area contributed by atoms with Gasteiger partial charge in [-0.15, -0.1) is 0 Å². The van der Waals surface area contributed by atoms with Crippen LogP contribution >= 0.6 is 0 Å². The Morgan fingerprint density at radius 3 is 2.62 bits per heavy atom. The van der Waals surface area contributed by atoms with E-state index in [0.717, 1.165) is 13.1 Å². The lowest BCUT2D eigenvalue weighted by molar-refractivity contribution is -0.129. The van der Waals surface area contributed by atoms with Crippen LogP contribution in [0, 0.1) is 0 Å². The maximum atomic E-state index is 11.4. The molecule has 0 saturated heterocycles. The van der Waals surface area contributed by atoms with E-state index in [1.807, 2.05) is 7.05 Å². The minimum absolute atomic E-state index is 0.113. The van der Waals surface area contributed by atoms with E-state index in [4.69, 9.17) is 5.73 Å². The number of hydrogen-bond donors (Lipinski definition) is 2. The van der Waals surface area contributed by atoms with Crippen LogP contribution in [0.15, 0.2) is 12.3 Å². The van der Waals surface area contributed by atoms with Gasteiger partial charge in [-0.2, -0.15) is 0 Å². The van der Waals surface area contributed by atoms with Gasteiger partial charge in [-0.3, -0.25) is 4.79 Å². The zero-order chi connectivity index (χ0) is 10.3. The molecule has 0 aliphatic heterocycles. The summed E-state index contributed by atoms with van der Waals surface area (Å²) in [5.74, 6) is 0.113. The van der Waals surface area contributed by atoms with Gasteiger partial charge in [-0.1, -0.05) is 6.58 Å². The van der Waals surface area contributed by atoms with Gasteiger partial charge in [0.25, 0.3) is 0 Å². The first kappa shape index (κ1) is 12.0. The van der Waals surface area contributed by atoms with E-state index in [-0.39, 0.29) is 5.91 Å². The molecule has 0 atom stereocenters. The fourth-order valence-corrected chi connectivity index (χ4v) is 0.863. The van der Waals surface area contributed by atoms with E-state index in [0.29, 0.717) is 18.5 Å². The summed E-state index contributed by atoms with van der Waals surface area (Å²) in [6.07, 6.45) is 1.03. The van der Waals surface area contributed by atoms with Gasteiger partial charge in [-0.25, -0.2) is 0 Å². The van der Waals surface area contributed by atoms with Gasteiger partial charge >= 0.3 is 0 Å². The Hall–Kier alpha value is -1.03. The third-order valence-electron chi connectivity index (χ3n) is 1.78. The molecule has 0 rings (SSSR count). The lowest BCUT2D eigenvalue weighted by Gasteiger charge is -2.16. The first-order valence-corrected chi connectivity index (χ1v) is 4.39. The maximum Gasteiger partial charge on any atom is 0.222 e. The molecule has 0 bridgehead atoms. The van der Waals surface area contributed by atoms with E-state index >= 15 is 0 Å². The molecule has 13 heavy (non-hydrogen) atoms. The zero-order valence-corrected chi connectivity index (χ0v) is 8.47. The Kier molecular flexibility index (Phi) is 5.97. The van der Waals surface area contributed by atoms with Crippen LogP contribution in [0.1, 0.15) is 12.8 Å². The van der Waals surface area contributed by atoms with E-state index in [9.17, 15) is 4.79 Å². The van der Waals surface area contributed by atoms with Crippen molar-refractivity contribution in [1.82, 2.24) is 10.2 Å². The highest BCUT2D eigenvalue weighted by Crippen LogP contribution is 1.98. The van der Waals surface area contributed by atoms with Crippen molar-refractivity contribution in [2.24, 2.45) is 5.73 Å². The van der Waals surface area contributed by atoms with Crippen molar-refractivity contribution < 1.29 is 4.79 Å². The number of nitrogens with two attached hydrogens (primary N) is 1. The lowest BCUT2D eigenvalue weighted by atomic mass is 10.2. The highest BCUT2D eigenvalue weighted by atomic mass is 16.2. The Morgan fingerprint density at radius 2 is 2.15 bits per heavy atom. The molecule has 0 aliphatic carbocycles. The zero-order valence-electron chi connectivity index (χ0n) is 8.47. The summed E-state index contributed by atoms with van der Waals surface area (Å²) < 4.78 is 0. The van der Waals surface area contributed by atoms with E-state index in [1.54, 1.807) is 11.9 Å². The summed E-state index contributed by atoms with van der Waals surface area (Å²) >= 11 is 0. The third kappa shape index (κ3) is 6.16. The second kappa shape index (κ2) is 6.48. The SMILES string of the molecule is C=C(N)CCC(=O)N(C)CCNC. The second-order valence-electron chi connectivity index (χ2n) is 3.08. The Bertz CT molecular complexity index is 180. The van der Waals surface area contributed by atoms with Crippen LogP contribution in [0.2, 0.25) is 0 Å². The number of hydrogen-bond acceptors (Lipinski definition) is 3. The van der Waals surface area contributed by atoms with Crippen molar-refractivity contribution in [3.8, 4) is 0 Å². The molecule has 0 heterocycles. The van der Waals surface area contributed by atoms with Gasteiger partial charge in [-0.05, 0) is 13.5 Å². The fourth-order valence-electron chi connectivity index (χ4n) is 0.863. The molecule has 0 aromatic rings. The second-order valence-corrected chi connectivity index (χ2v) is 3.08. The molecule has 3 N–H and O–H groups in total. The molecule has 0 unspecified atom stereocenters. The highest BCUT2D eigenvalue weighted by molar-refractivity contribution is 5.76. The number of likely N-dealkylation sites (N-methyl/N-ethyl adjacent to an activating group) is 2. The van der Waals surface area contributed by atoms with Crippen molar-refractivity contribution in [1.29, 1.82) is 0 Å². The van der Waals surface area contributed by atoms with Gasteiger partial charge in [0.1, 0.15) is 0 Å². The van der Waals surface area contributed by atoms with E-state index in [2.05, 4.69) is 11.9 Å². The van der Waals surface area contributed by atoms with Gasteiger partial charge in [0.15, 0.2) is 0 Å². The predicted molar refractivity (Wildman–Crippen MR) is 54.1 cm³/mol. The summed E-state index contributed by atoms with van der Waals surface area (Å²) in [5, 5.41) is 2.98. The van der Waals surface area contributed by atoms with Crippen molar-refractivity contribution in [3.63, 3.8) is 0 Å². The minimum atomic E-state index is 0.113. The number of nitrogens with zero attached hydrogens (tertiary/aromatic N) is 1. The smallest absolute Gasteiger partial charge is 0.222 e. The van der Waals surface area contributed by atoms with Crippen molar-refractivity contribution >= 4 is 5.91 Å². The summed E-state index contributed by atoms with van der Waals surface area (Å²) in [5.41, 5.74) is 5.93. The molecule has 4 heteroatoms. The summed E-state index contributed by atoms with van der Waals surface area (Å²) in [6.45, 7) is 5.08. The monoisotopic (exact) mass is 185 g/mol. The molecule has 0 saturated carbocycles. The van der Waals surface area contributed by atoms with Crippen LogP contribution in [-0.4, -0.2) is 38.0 Å². The van der Waals surface area contributed by atoms with Crippen LogP contribution < -0.4 is 11.1 Å². The Morgan fingerprint density at radius 1 is 1.54 bits per heavy atom. The number of allylic oxidation sites excluding steroid dienone is 1. The summed E-state index contributed by atoms with van der Waals surface area (Å²) in [6, 6.07) is 0. The predicted octanol–water partition coefficient (Wildman–Crippen LogP) is -0.0832. The molecule has 0 aromatic heterocycles. The quantitative estimate of drug-likeness (QED) is 0.608. The topological polar surface area (TPSA) is 58.4 Å². The van der Waals surface area contributed by atoms with Crippen LogP contribution in [0.25, 0.3) is 0 Å². The molecule has 0 aliphatic rings. The average molecular weight is 185 g/mol. The fraction of sp³-hybridized carbons (Fsp3) is 0.667. The van der Waals surface area contributed by atoms with Crippen molar-refractivity contribution in [2.75, 3.05) is 27.2 Å². The van der Waals surface area contributed by atoms with Gasteiger partial charge < -0.3 is 16.0 Å². The Balaban J connectivity index is 3.63. The highest BCUT2D eigenvalue weighted by Gasteiger charge is 2.06. The van der Waals surface area contributed by atoms with Crippen LogP contribution in [0.4, 0.5) is 0 Å². The number of carbonyl (C=O) groups is 1. The number of nitrogens with one attached hydrogen (secondary N) is 1. The number of carbonyl (C=O) groups excluding carboxylic acids is 1. The van der Waals surface area contributed by atoms with E-state index < -0.39 is 0 Å². The molecule has 1 amide bonds. The lowest BCUT2D eigenvalue weighted by Crippen LogP contribution is -2.32. The van der Waals surface area contributed by atoms with E-state index in [1.165, 1.54) is 0 Å². The first-order valence-electron chi connectivity index (χ1n) is 4.39. The van der Waals surface area contributed by atoms with Crippen molar-refractivity contribution in [2.45, 2.75) is 12.8 Å².